The highest BCUT2D eigenvalue weighted by Crippen LogP contribution is 2.52. The van der Waals surface area contributed by atoms with Gasteiger partial charge in [-0.05, 0) is 54.9 Å². The summed E-state index contributed by atoms with van der Waals surface area (Å²) >= 11 is 0. The number of nitro groups is 2. The SMILES string of the molecule is CCCCCCCCCCCCCCCCOCC(COP(=O)(CCCCCC)OC1CCC([N+](=O)[O-])CC1)NC(=O)CCCCCCCCCCCNc1ccc([N+](=O)[O-])c2nonc12. The van der Waals surface area contributed by atoms with E-state index in [9.17, 15) is 29.6 Å². The van der Waals surface area contributed by atoms with Gasteiger partial charge in [0, 0.05) is 43.4 Å². The van der Waals surface area contributed by atoms with Gasteiger partial charge < -0.3 is 24.4 Å². The van der Waals surface area contributed by atoms with Gasteiger partial charge in [0.2, 0.25) is 17.5 Å². The first kappa shape index (κ1) is 57.1. The second kappa shape index (κ2) is 35.9. The summed E-state index contributed by atoms with van der Waals surface area (Å²) in [5.74, 6) is -0.0663. The summed E-state index contributed by atoms with van der Waals surface area (Å²) in [6.07, 6.45) is 33.2. The maximum absolute atomic E-state index is 14.2. The zero-order chi connectivity index (χ0) is 47.5. The van der Waals surface area contributed by atoms with E-state index in [1.807, 2.05) is 0 Å². The van der Waals surface area contributed by atoms with Gasteiger partial charge in [-0.3, -0.25) is 29.6 Å². The molecule has 2 aromatic rings. The lowest BCUT2D eigenvalue weighted by Gasteiger charge is -2.29. The highest BCUT2D eigenvalue weighted by molar-refractivity contribution is 7.53. The quantitative estimate of drug-likeness (QED) is 0.0274. The van der Waals surface area contributed by atoms with E-state index in [1.165, 1.54) is 83.1 Å². The first-order valence-corrected chi connectivity index (χ1v) is 27.9. The molecule has 17 heteroatoms. The summed E-state index contributed by atoms with van der Waals surface area (Å²) in [5.41, 5.74) is 1.06. The van der Waals surface area contributed by atoms with Crippen LogP contribution < -0.4 is 10.6 Å². The van der Waals surface area contributed by atoms with Gasteiger partial charge in [0.25, 0.3) is 0 Å². The molecule has 1 heterocycles. The summed E-state index contributed by atoms with van der Waals surface area (Å²) in [6.45, 7) is 6.00. The number of anilines is 1. The van der Waals surface area contributed by atoms with Gasteiger partial charge >= 0.3 is 13.3 Å². The maximum atomic E-state index is 14.2. The molecule has 0 saturated heterocycles. The number of aromatic nitrogens is 2. The summed E-state index contributed by atoms with van der Waals surface area (Å²) < 4.78 is 37.4. The van der Waals surface area contributed by atoms with Gasteiger partial charge in [-0.15, -0.1) is 0 Å². The monoisotopic (exact) mass is 951 g/mol. The van der Waals surface area contributed by atoms with Crippen molar-refractivity contribution in [2.75, 3.05) is 37.8 Å². The van der Waals surface area contributed by atoms with Crippen molar-refractivity contribution < 1.29 is 37.6 Å². The molecule has 1 saturated carbocycles. The number of carbonyl (C=O) groups excluding carboxylic acids is 1. The summed E-state index contributed by atoms with van der Waals surface area (Å²) in [6, 6.07) is 2.01. The molecular weight excluding hydrogens is 864 g/mol. The highest BCUT2D eigenvalue weighted by Gasteiger charge is 2.35. The Bertz CT molecular complexity index is 1640. The Kier molecular flexibility index (Phi) is 31.0. The first-order valence-electron chi connectivity index (χ1n) is 26.2. The fraction of sp³-hybridized carbons (Fsp3) is 0.857. The fourth-order valence-corrected chi connectivity index (χ4v) is 10.7. The third-order valence-electron chi connectivity index (χ3n) is 12.8. The van der Waals surface area contributed by atoms with Gasteiger partial charge in [-0.1, -0.05) is 162 Å². The molecule has 3 rings (SSSR count). The third kappa shape index (κ3) is 25.2. The molecular formula is C49H87N6O10P. The molecule has 1 aliphatic carbocycles. The van der Waals surface area contributed by atoms with E-state index in [0.717, 1.165) is 96.4 Å². The van der Waals surface area contributed by atoms with Crippen molar-refractivity contribution in [2.45, 2.75) is 238 Å². The lowest BCUT2D eigenvalue weighted by atomic mass is 9.94. The average Bonchev–Trinajstić information content (AvgIpc) is 3.80. The van der Waals surface area contributed by atoms with E-state index in [-0.39, 0.29) is 47.5 Å². The Morgan fingerprint density at radius 2 is 1.24 bits per heavy atom. The summed E-state index contributed by atoms with van der Waals surface area (Å²) in [5, 5.41) is 36.5. The van der Waals surface area contributed by atoms with Crippen LogP contribution in [0.1, 0.15) is 219 Å². The van der Waals surface area contributed by atoms with E-state index in [0.29, 0.717) is 56.3 Å². The largest absolute Gasteiger partial charge is 0.383 e. The number of rotatable bonds is 43. The molecule has 1 aromatic heterocycles. The van der Waals surface area contributed by atoms with E-state index < -0.39 is 24.6 Å². The van der Waals surface area contributed by atoms with Crippen LogP contribution in [0.2, 0.25) is 0 Å². The van der Waals surface area contributed by atoms with Crippen LogP contribution >= 0.6 is 7.60 Å². The van der Waals surface area contributed by atoms with E-state index in [1.54, 1.807) is 6.07 Å². The number of fused-ring (bicyclic) bond motifs is 1. The minimum absolute atomic E-state index is 0.0237. The zero-order valence-electron chi connectivity index (χ0n) is 40.9. The summed E-state index contributed by atoms with van der Waals surface area (Å²) in [4.78, 5) is 35.1. The number of carbonyl (C=O) groups is 1. The second-order valence-corrected chi connectivity index (χ2v) is 20.8. The van der Waals surface area contributed by atoms with Gasteiger partial charge in [-0.2, -0.15) is 0 Å². The molecule has 16 nitrogen and oxygen atoms in total. The molecule has 2 unspecified atom stereocenters. The topological polar surface area (TPSA) is 211 Å². The van der Waals surface area contributed by atoms with E-state index >= 15 is 0 Å². The van der Waals surface area contributed by atoms with Crippen molar-refractivity contribution in [1.29, 1.82) is 0 Å². The Labute approximate surface area is 395 Å². The number of hydrogen-bond donors (Lipinski definition) is 2. The first-order chi connectivity index (χ1) is 32.2. The average molecular weight is 951 g/mol. The number of nitrogens with one attached hydrogen (secondary N) is 2. The molecule has 378 valence electrons. The summed E-state index contributed by atoms with van der Waals surface area (Å²) in [7, 11) is -3.52. The molecule has 0 bridgehead atoms. The van der Waals surface area contributed by atoms with Crippen molar-refractivity contribution in [3.05, 3.63) is 32.4 Å². The lowest BCUT2D eigenvalue weighted by molar-refractivity contribution is -0.527. The molecule has 0 spiro atoms. The molecule has 66 heavy (non-hydrogen) atoms. The van der Waals surface area contributed by atoms with Crippen LogP contribution in [0, 0.1) is 20.2 Å². The van der Waals surface area contributed by atoms with Crippen LogP contribution in [0.25, 0.3) is 11.0 Å². The number of nitrogens with zero attached hydrogens (tertiary/aromatic N) is 4. The maximum Gasteiger partial charge on any atom is 0.331 e. The number of benzene rings is 1. The van der Waals surface area contributed by atoms with Crippen LogP contribution in [-0.2, 0) is 23.1 Å². The van der Waals surface area contributed by atoms with Crippen LogP contribution in [0.15, 0.2) is 16.8 Å². The number of amides is 1. The van der Waals surface area contributed by atoms with Crippen LogP contribution in [0.5, 0.6) is 0 Å². The van der Waals surface area contributed by atoms with E-state index in [4.69, 9.17) is 18.4 Å². The van der Waals surface area contributed by atoms with Crippen molar-refractivity contribution in [2.24, 2.45) is 0 Å². The Morgan fingerprint density at radius 3 is 1.82 bits per heavy atom. The standard InChI is InChI=1S/C49H87N6O10P/c1-3-5-7-9-10-11-12-13-14-15-19-22-25-28-38-62-40-42(41-63-66(61,39-29-8-6-4-2)64-44-33-31-43(32-34-44)54(57)58)51-47(56)30-26-23-20-17-16-18-21-24-27-37-50-45-35-36-46(55(59)60)49-48(45)52-65-53-49/h35-36,42-44,50H,3-34,37-41H2,1-2H3,(H,51,56). The van der Waals surface area contributed by atoms with Crippen LogP contribution in [-0.4, -0.2) is 76.8 Å². The van der Waals surface area contributed by atoms with Gasteiger partial charge in [0.15, 0.2) is 5.52 Å². The molecule has 2 N–H and O–H groups in total. The predicted molar refractivity (Wildman–Crippen MR) is 263 cm³/mol. The van der Waals surface area contributed by atoms with E-state index in [2.05, 4.69) is 34.8 Å². The van der Waals surface area contributed by atoms with Crippen molar-refractivity contribution >= 4 is 35.9 Å². The van der Waals surface area contributed by atoms with Crippen LogP contribution in [0.3, 0.4) is 0 Å². The minimum atomic E-state index is -3.52. The van der Waals surface area contributed by atoms with Crippen molar-refractivity contribution in [3.8, 4) is 0 Å². The molecule has 0 aliphatic heterocycles. The smallest absolute Gasteiger partial charge is 0.331 e. The Morgan fingerprint density at radius 1 is 0.712 bits per heavy atom. The van der Waals surface area contributed by atoms with Gasteiger partial charge in [-0.25, -0.2) is 4.63 Å². The minimum Gasteiger partial charge on any atom is -0.383 e. The predicted octanol–water partition coefficient (Wildman–Crippen LogP) is 13.8. The van der Waals surface area contributed by atoms with Crippen molar-refractivity contribution in [3.63, 3.8) is 0 Å². The molecule has 1 aliphatic rings. The van der Waals surface area contributed by atoms with Gasteiger partial charge in [0.05, 0.1) is 42.1 Å². The fourth-order valence-electron chi connectivity index (χ4n) is 8.74. The number of unbranched alkanes of at least 4 members (excludes halogenated alkanes) is 24. The molecule has 2 atom stereocenters. The Balaban J connectivity index is 1.34. The zero-order valence-corrected chi connectivity index (χ0v) is 41.8. The van der Waals surface area contributed by atoms with Gasteiger partial charge in [0.1, 0.15) is 0 Å². The number of nitro benzene ring substituents is 1. The highest BCUT2D eigenvalue weighted by atomic mass is 31.2. The lowest BCUT2D eigenvalue weighted by Crippen LogP contribution is -2.41. The molecule has 1 amide bonds. The third-order valence-corrected chi connectivity index (χ3v) is 14.8. The van der Waals surface area contributed by atoms with Crippen molar-refractivity contribution in [1.82, 2.24) is 15.6 Å². The number of hydrogen-bond acceptors (Lipinski definition) is 13. The second-order valence-electron chi connectivity index (χ2n) is 18.7. The van der Waals surface area contributed by atoms with Crippen LogP contribution in [0.4, 0.5) is 11.4 Å². The Hall–Kier alpha value is -3.20. The molecule has 1 fully saturated rings. The number of ether oxygens (including phenoxy) is 1. The normalized spacial score (nSPS) is 16.6. The number of non-ortho nitro benzene ring substituents is 1. The molecule has 0 radical (unpaired) electrons. The molecule has 1 aromatic carbocycles.